The highest BCUT2D eigenvalue weighted by atomic mass is 16.1. The SMILES string of the molecule is Cc1cccc(N)c1C(=O)Nc1cncnc1. The molecule has 0 saturated heterocycles. The highest BCUT2D eigenvalue weighted by Crippen LogP contribution is 2.17. The topological polar surface area (TPSA) is 80.9 Å². The molecule has 5 nitrogen and oxygen atoms in total. The van der Waals surface area contributed by atoms with Gasteiger partial charge in [0.05, 0.1) is 23.6 Å². The second kappa shape index (κ2) is 4.61. The molecular formula is C12H12N4O. The van der Waals surface area contributed by atoms with Gasteiger partial charge in [-0.1, -0.05) is 12.1 Å². The van der Waals surface area contributed by atoms with Gasteiger partial charge in [0.15, 0.2) is 0 Å². The van der Waals surface area contributed by atoms with Crippen molar-refractivity contribution < 1.29 is 4.79 Å². The maximum atomic E-state index is 12.0. The van der Waals surface area contributed by atoms with Gasteiger partial charge in [-0.05, 0) is 18.6 Å². The maximum absolute atomic E-state index is 12.0. The van der Waals surface area contributed by atoms with Gasteiger partial charge in [0.2, 0.25) is 0 Å². The summed E-state index contributed by atoms with van der Waals surface area (Å²) in [7, 11) is 0. The lowest BCUT2D eigenvalue weighted by molar-refractivity contribution is 0.102. The second-order valence-corrected chi connectivity index (χ2v) is 3.62. The average Bonchev–Trinajstić information content (AvgIpc) is 2.30. The molecule has 1 aromatic carbocycles. The molecule has 1 amide bonds. The van der Waals surface area contributed by atoms with Gasteiger partial charge >= 0.3 is 0 Å². The second-order valence-electron chi connectivity index (χ2n) is 3.62. The molecule has 0 atom stereocenters. The molecule has 5 heteroatoms. The molecule has 0 spiro atoms. The molecule has 0 aliphatic heterocycles. The predicted octanol–water partition coefficient (Wildman–Crippen LogP) is 1.62. The summed E-state index contributed by atoms with van der Waals surface area (Å²) in [6.45, 7) is 1.84. The largest absolute Gasteiger partial charge is 0.398 e. The van der Waals surface area contributed by atoms with Crippen LogP contribution in [0.3, 0.4) is 0 Å². The molecule has 2 aromatic rings. The smallest absolute Gasteiger partial charge is 0.258 e. The van der Waals surface area contributed by atoms with E-state index in [-0.39, 0.29) is 5.91 Å². The zero-order valence-corrected chi connectivity index (χ0v) is 9.34. The Morgan fingerprint density at radius 3 is 2.65 bits per heavy atom. The molecule has 0 fully saturated rings. The number of nitrogens with two attached hydrogens (primary N) is 1. The van der Waals surface area contributed by atoms with Crippen LogP contribution in [0.2, 0.25) is 0 Å². The highest BCUT2D eigenvalue weighted by molar-refractivity contribution is 6.08. The predicted molar refractivity (Wildman–Crippen MR) is 65.6 cm³/mol. The van der Waals surface area contributed by atoms with E-state index in [9.17, 15) is 4.79 Å². The fourth-order valence-corrected chi connectivity index (χ4v) is 1.56. The Labute approximate surface area is 98.7 Å². The van der Waals surface area contributed by atoms with Gasteiger partial charge in [0.25, 0.3) is 5.91 Å². The Bertz CT molecular complexity index is 519. The lowest BCUT2D eigenvalue weighted by Gasteiger charge is -2.09. The van der Waals surface area contributed by atoms with E-state index in [1.165, 1.54) is 18.7 Å². The molecule has 0 aliphatic rings. The lowest BCUT2D eigenvalue weighted by atomic mass is 10.1. The van der Waals surface area contributed by atoms with Crippen LogP contribution in [0.4, 0.5) is 11.4 Å². The number of anilines is 2. The number of nitrogen functional groups attached to an aromatic ring is 1. The summed E-state index contributed by atoms with van der Waals surface area (Å²) < 4.78 is 0. The van der Waals surface area contributed by atoms with Crippen molar-refractivity contribution in [3.8, 4) is 0 Å². The van der Waals surface area contributed by atoms with Crippen molar-refractivity contribution in [1.82, 2.24) is 9.97 Å². The number of rotatable bonds is 2. The van der Waals surface area contributed by atoms with Crippen molar-refractivity contribution in [1.29, 1.82) is 0 Å². The van der Waals surface area contributed by atoms with Gasteiger partial charge in [-0.3, -0.25) is 4.79 Å². The lowest BCUT2D eigenvalue weighted by Crippen LogP contribution is -2.15. The minimum Gasteiger partial charge on any atom is -0.398 e. The number of nitrogens with zero attached hydrogens (tertiary/aromatic N) is 2. The number of benzene rings is 1. The van der Waals surface area contributed by atoms with Crippen molar-refractivity contribution >= 4 is 17.3 Å². The Hall–Kier alpha value is -2.43. The number of hydrogen-bond donors (Lipinski definition) is 2. The van der Waals surface area contributed by atoms with Gasteiger partial charge in [-0.15, -0.1) is 0 Å². The highest BCUT2D eigenvalue weighted by Gasteiger charge is 2.12. The standard InChI is InChI=1S/C12H12N4O/c1-8-3-2-4-10(13)11(8)12(17)16-9-5-14-7-15-6-9/h2-7H,13H2,1H3,(H,16,17). The summed E-state index contributed by atoms with van der Waals surface area (Å²) in [5.74, 6) is -0.254. The first-order valence-corrected chi connectivity index (χ1v) is 5.10. The first kappa shape index (κ1) is 11.1. The van der Waals surface area contributed by atoms with E-state index in [0.717, 1.165) is 5.56 Å². The number of nitrogens with one attached hydrogen (secondary N) is 1. The van der Waals surface area contributed by atoms with E-state index < -0.39 is 0 Å². The van der Waals surface area contributed by atoms with Gasteiger partial charge in [-0.2, -0.15) is 0 Å². The normalized spacial score (nSPS) is 9.94. The van der Waals surface area contributed by atoms with Crippen LogP contribution < -0.4 is 11.1 Å². The number of aromatic nitrogens is 2. The quantitative estimate of drug-likeness (QED) is 0.765. The van der Waals surface area contributed by atoms with Crippen LogP contribution >= 0.6 is 0 Å². The zero-order chi connectivity index (χ0) is 12.3. The molecule has 0 saturated carbocycles. The number of aryl methyl sites for hydroxylation is 1. The fourth-order valence-electron chi connectivity index (χ4n) is 1.56. The van der Waals surface area contributed by atoms with Crippen LogP contribution in [-0.2, 0) is 0 Å². The van der Waals surface area contributed by atoms with Crippen molar-refractivity contribution in [2.45, 2.75) is 6.92 Å². The zero-order valence-electron chi connectivity index (χ0n) is 9.34. The molecule has 17 heavy (non-hydrogen) atoms. The molecule has 0 unspecified atom stereocenters. The molecule has 0 aliphatic carbocycles. The minimum atomic E-state index is -0.254. The number of hydrogen-bond acceptors (Lipinski definition) is 4. The van der Waals surface area contributed by atoms with Gasteiger partial charge in [0, 0.05) is 5.69 Å². The van der Waals surface area contributed by atoms with Crippen molar-refractivity contribution in [2.24, 2.45) is 0 Å². The first-order chi connectivity index (χ1) is 8.18. The molecule has 0 radical (unpaired) electrons. The summed E-state index contributed by atoms with van der Waals surface area (Å²) in [6, 6.07) is 5.35. The molecule has 1 aromatic heterocycles. The van der Waals surface area contributed by atoms with Gasteiger partial charge in [0.1, 0.15) is 6.33 Å². The van der Waals surface area contributed by atoms with Crippen LogP contribution in [0.1, 0.15) is 15.9 Å². The summed E-state index contributed by atoms with van der Waals surface area (Å²) >= 11 is 0. The van der Waals surface area contributed by atoms with Crippen molar-refractivity contribution in [3.63, 3.8) is 0 Å². The summed E-state index contributed by atoms with van der Waals surface area (Å²) in [5.41, 5.74) is 8.10. The third-order valence-electron chi connectivity index (χ3n) is 2.35. The average molecular weight is 228 g/mol. The third-order valence-corrected chi connectivity index (χ3v) is 2.35. The fraction of sp³-hybridized carbons (Fsp3) is 0.0833. The van der Waals surface area contributed by atoms with Gasteiger partial charge in [-0.25, -0.2) is 9.97 Å². The van der Waals surface area contributed by atoms with Crippen LogP contribution in [-0.4, -0.2) is 15.9 Å². The maximum Gasteiger partial charge on any atom is 0.258 e. The first-order valence-electron chi connectivity index (χ1n) is 5.10. The van der Waals surface area contributed by atoms with Gasteiger partial charge < -0.3 is 11.1 Å². The molecule has 0 bridgehead atoms. The van der Waals surface area contributed by atoms with Crippen LogP contribution in [0, 0.1) is 6.92 Å². The Balaban J connectivity index is 2.27. The summed E-state index contributed by atoms with van der Waals surface area (Å²) in [4.78, 5) is 19.6. The summed E-state index contributed by atoms with van der Waals surface area (Å²) in [6.07, 6.45) is 4.45. The number of carbonyl (C=O) groups excluding carboxylic acids is 1. The summed E-state index contributed by atoms with van der Waals surface area (Å²) in [5, 5.41) is 2.70. The molecule has 2 rings (SSSR count). The Morgan fingerprint density at radius 2 is 2.00 bits per heavy atom. The van der Waals surface area contributed by atoms with Crippen LogP contribution in [0.15, 0.2) is 36.9 Å². The van der Waals surface area contributed by atoms with Crippen LogP contribution in [0.5, 0.6) is 0 Å². The molecular weight excluding hydrogens is 216 g/mol. The number of amides is 1. The Kier molecular flexibility index (Phi) is 3.00. The minimum absolute atomic E-state index is 0.254. The number of carbonyl (C=O) groups is 1. The van der Waals surface area contributed by atoms with Crippen LogP contribution in [0.25, 0.3) is 0 Å². The molecule has 3 N–H and O–H groups in total. The van der Waals surface area contributed by atoms with E-state index in [1.807, 2.05) is 19.1 Å². The Morgan fingerprint density at radius 1 is 1.29 bits per heavy atom. The van der Waals surface area contributed by atoms with Crippen molar-refractivity contribution in [3.05, 3.63) is 48.0 Å². The van der Waals surface area contributed by atoms with E-state index >= 15 is 0 Å². The molecule has 86 valence electrons. The van der Waals surface area contributed by atoms with E-state index in [4.69, 9.17) is 5.73 Å². The third kappa shape index (κ3) is 2.39. The van der Waals surface area contributed by atoms with Crippen molar-refractivity contribution in [2.75, 3.05) is 11.1 Å². The van der Waals surface area contributed by atoms with E-state index in [1.54, 1.807) is 6.07 Å². The van der Waals surface area contributed by atoms with E-state index in [0.29, 0.717) is 16.9 Å². The van der Waals surface area contributed by atoms with E-state index in [2.05, 4.69) is 15.3 Å². The molecule has 1 heterocycles. The monoisotopic (exact) mass is 228 g/mol.